The summed E-state index contributed by atoms with van der Waals surface area (Å²) in [5.74, 6) is 1.41. The Morgan fingerprint density at radius 1 is 1.00 bits per heavy atom. The highest BCUT2D eigenvalue weighted by molar-refractivity contribution is 9.10. The summed E-state index contributed by atoms with van der Waals surface area (Å²) in [7, 11) is 1.58. The maximum absolute atomic E-state index is 12.5. The Labute approximate surface area is 226 Å². The van der Waals surface area contributed by atoms with E-state index in [0.29, 0.717) is 34.3 Å². The van der Waals surface area contributed by atoms with Gasteiger partial charge in [0.1, 0.15) is 11.6 Å². The summed E-state index contributed by atoms with van der Waals surface area (Å²) in [5.41, 5.74) is 4.50. The molecule has 5 rings (SSSR count). The molecule has 0 radical (unpaired) electrons. The molecule has 3 N–H and O–H groups in total. The van der Waals surface area contributed by atoms with Crippen LogP contribution in [0, 0.1) is 0 Å². The molecule has 0 atom stereocenters. The van der Waals surface area contributed by atoms with Crippen molar-refractivity contribution in [2.24, 2.45) is 0 Å². The van der Waals surface area contributed by atoms with Crippen molar-refractivity contribution in [2.75, 3.05) is 23.1 Å². The van der Waals surface area contributed by atoms with Crippen LogP contribution in [0.4, 0.5) is 22.0 Å². The molecule has 3 aromatic carbocycles. The summed E-state index contributed by atoms with van der Waals surface area (Å²) < 4.78 is 7.71. The van der Waals surface area contributed by atoms with Crippen molar-refractivity contribution >= 4 is 56.4 Å². The van der Waals surface area contributed by atoms with Crippen LogP contribution in [0.15, 0.2) is 89.5 Å². The SMILES string of the molecule is COc1cccc(NC(=O)Nc2cccc(CNc3cc(-c4ccccc4Cl)nc4c(Br)cnn34)c2)c1. The molecule has 2 aromatic heterocycles. The smallest absolute Gasteiger partial charge is 0.323 e. The average Bonchev–Trinajstić information content (AvgIpc) is 3.28. The summed E-state index contributed by atoms with van der Waals surface area (Å²) in [6.07, 6.45) is 1.70. The van der Waals surface area contributed by atoms with Crippen LogP contribution in [0.25, 0.3) is 16.9 Å². The van der Waals surface area contributed by atoms with Gasteiger partial charge in [-0.25, -0.2) is 9.78 Å². The quantitative estimate of drug-likeness (QED) is 0.192. The molecule has 0 aliphatic rings. The zero-order valence-electron chi connectivity index (χ0n) is 19.7. The fraction of sp³-hybridized carbons (Fsp3) is 0.0741. The van der Waals surface area contributed by atoms with Crippen molar-refractivity contribution in [3.05, 3.63) is 100 Å². The minimum absolute atomic E-state index is 0.347. The predicted octanol–water partition coefficient (Wildman–Crippen LogP) is 7.08. The molecule has 0 aliphatic heterocycles. The van der Waals surface area contributed by atoms with Gasteiger partial charge in [-0.15, -0.1) is 0 Å². The largest absolute Gasteiger partial charge is 0.497 e. The number of carbonyl (C=O) groups excluding carboxylic acids is 1. The molecule has 0 saturated heterocycles. The number of nitrogens with one attached hydrogen (secondary N) is 3. The third kappa shape index (κ3) is 5.68. The molecule has 0 spiro atoms. The normalized spacial score (nSPS) is 10.8. The monoisotopic (exact) mass is 576 g/mol. The lowest BCUT2D eigenvalue weighted by Gasteiger charge is -2.13. The lowest BCUT2D eigenvalue weighted by Crippen LogP contribution is -2.19. The first-order chi connectivity index (χ1) is 18.0. The lowest BCUT2D eigenvalue weighted by molar-refractivity contribution is 0.262. The van der Waals surface area contributed by atoms with Crippen molar-refractivity contribution in [3.63, 3.8) is 0 Å². The topological polar surface area (TPSA) is 92.6 Å². The number of benzene rings is 3. The number of halogens is 2. The number of carbonyl (C=O) groups is 1. The van der Waals surface area contributed by atoms with Crippen LogP contribution in [0.2, 0.25) is 5.02 Å². The second-order valence-corrected chi connectivity index (χ2v) is 9.36. The van der Waals surface area contributed by atoms with Gasteiger partial charge in [-0.3, -0.25) is 0 Å². The van der Waals surface area contributed by atoms with Crippen molar-refractivity contribution in [2.45, 2.75) is 6.54 Å². The Morgan fingerprint density at radius 3 is 2.54 bits per heavy atom. The molecular weight excluding hydrogens is 556 g/mol. The molecule has 2 amide bonds. The Bertz CT molecular complexity index is 1590. The molecule has 5 aromatic rings. The van der Waals surface area contributed by atoms with E-state index in [1.165, 1.54) is 0 Å². The maximum atomic E-state index is 12.5. The van der Waals surface area contributed by atoms with Crippen molar-refractivity contribution < 1.29 is 9.53 Å². The molecule has 10 heteroatoms. The van der Waals surface area contributed by atoms with Gasteiger partial charge < -0.3 is 20.7 Å². The molecule has 0 aliphatic carbocycles. The van der Waals surface area contributed by atoms with E-state index in [9.17, 15) is 4.79 Å². The molecule has 0 bridgehead atoms. The van der Waals surface area contributed by atoms with Gasteiger partial charge in [-0.1, -0.05) is 48.0 Å². The lowest BCUT2D eigenvalue weighted by atomic mass is 10.1. The Balaban J connectivity index is 1.32. The highest BCUT2D eigenvalue weighted by Gasteiger charge is 2.13. The molecule has 186 valence electrons. The van der Waals surface area contributed by atoms with Gasteiger partial charge in [0.05, 0.1) is 23.5 Å². The van der Waals surface area contributed by atoms with Crippen LogP contribution in [0.1, 0.15) is 5.56 Å². The summed E-state index contributed by atoms with van der Waals surface area (Å²) in [5, 5.41) is 14.2. The van der Waals surface area contributed by atoms with E-state index in [0.717, 1.165) is 27.1 Å². The highest BCUT2D eigenvalue weighted by Crippen LogP contribution is 2.30. The van der Waals surface area contributed by atoms with Crippen LogP contribution in [0.5, 0.6) is 5.75 Å². The number of ether oxygens (including phenoxy) is 1. The number of nitrogens with zero attached hydrogens (tertiary/aromatic N) is 3. The van der Waals surface area contributed by atoms with Gasteiger partial charge in [0.2, 0.25) is 0 Å². The molecule has 8 nitrogen and oxygen atoms in total. The van der Waals surface area contributed by atoms with E-state index in [1.807, 2.05) is 66.7 Å². The molecular formula is C27H22BrClN6O2. The van der Waals surface area contributed by atoms with Gasteiger partial charge in [0.25, 0.3) is 0 Å². The summed E-state index contributed by atoms with van der Waals surface area (Å²) in [4.78, 5) is 17.2. The summed E-state index contributed by atoms with van der Waals surface area (Å²) >= 11 is 9.96. The number of aromatic nitrogens is 3. The van der Waals surface area contributed by atoms with E-state index in [-0.39, 0.29) is 6.03 Å². The zero-order chi connectivity index (χ0) is 25.8. The first kappa shape index (κ1) is 24.6. The molecule has 37 heavy (non-hydrogen) atoms. The standard InChI is InChI=1S/C27H22BrClN6O2/c1-37-20-9-5-8-19(13-20)33-27(36)32-18-7-4-6-17(12-18)15-30-25-14-24(21-10-2-3-11-23(21)29)34-26-22(28)16-31-35(25)26/h2-14,16,30H,15H2,1H3,(H2,32,33,36). The number of fused-ring (bicyclic) bond motifs is 1. The minimum atomic E-state index is -0.347. The molecule has 2 heterocycles. The molecule has 0 fully saturated rings. The number of hydrogen-bond donors (Lipinski definition) is 3. The fourth-order valence-corrected chi connectivity index (χ4v) is 4.40. The van der Waals surface area contributed by atoms with Crippen molar-refractivity contribution in [1.82, 2.24) is 14.6 Å². The Kier molecular flexibility index (Phi) is 7.25. The number of hydrogen-bond acceptors (Lipinski definition) is 5. The molecule has 0 unspecified atom stereocenters. The maximum Gasteiger partial charge on any atom is 0.323 e. The van der Waals surface area contributed by atoms with E-state index in [1.54, 1.807) is 30.0 Å². The average molecular weight is 578 g/mol. The van der Waals surface area contributed by atoms with Crippen LogP contribution < -0.4 is 20.7 Å². The second kappa shape index (κ2) is 10.9. The van der Waals surface area contributed by atoms with Gasteiger partial charge in [-0.2, -0.15) is 9.61 Å². The first-order valence-electron chi connectivity index (χ1n) is 11.3. The second-order valence-electron chi connectivity index (χ2n) is 8.10. The van der Waals surface area contributed by atoms with E-state index in [2.05, 4.69) is 37.0 Å². The number of rotatable bonds is 7. The summed E-state index contributed by atoms with van der Waals surface area (Å²) in [6, 6.07) is 23.9. The summed E-state index contributed by atoms with van der Waals surface area (Å²) in [6.45, 7) is 0.492. The molecule has 0 saturated carbocycles. The van der Waals surface area contributed by atoms with Crippen molar-refractivity contribution in [3.8, 4) is 17.0 Å². The van der Waals surface area contributed by atoms with Crippen LogP contribution in [0.3, 0.4) is 0 Å². The van der Waals surface area contributed by atoms with Crippen LogP contribution in [-0.2, 0) is 6.54 Å². The zero-order valence-corrected chi connectivity index (χ0v) is 22.0. The first-order valence-corrected chi connectivity index (χ1v) is 12.5. The third-order valence-electron chi connectivity index (χ3n) is 5.56. The Morgan fingerprint density at radius 2 is 1.76 bits per heavy atom. The number of anilines is 3. The third-order valence-corrected chi connectivity index (χ3v) is 6.45. The number of methoxy groups -OCH3 is 1. The van der Waals surface area contributed by atoms with E-state index in [4.69, 9.17) is 21.3 Å². The number of amides is 2. The highest BCUT2D eigenvalue weighted by atomic mass is 79.9. The minimum Gasteiger partial charge on any atom is -0.497 e. The predicted molar refractivity (Wildman–Crippen MR) is 151 cm³/mol. The van der Waals surface area contributed by atoms with Gasteiger partial charge in [-0.05, 0) is 51.8 Å². The van der Waals surface area contributed by atoms with Gasteiger partial charge in [0, 0.05) is 40.6 Å². The number of urea groups is 1. The van der Waals surface area contributed by atoms with Gasteiger partial charge >= 0.3 is 6.03 Å². The van der Waals surface area contributed by atoms with E-state index >= 15 is 0 Å². The van der Waals surface area contributed by atoms with Crippen LogP contribution in [-0.4, -0.2) is 27.7 Å². The fourth-order valence-electron chi connectivity index (χ4n) is 3.81. The van der Waals surface area contributed by atoms with Crippen molar-refractivity contribution in [1.29, 1.82) is 0 Å². The van der Waals surface area contributed by atoms with E-state index < -0.39 is 0 Å². The Hall–Kier alpha value is -4.08. The van der Waals surface area contributed by atoms with Gasteiger partial charge in [0.15, 0.2) is 5.65 Å². The van der Waals surface area contributed by atoms with Crippen LogP contribution >= 0.6 is 27.5 Å².